The third kappa shape index (κ3) is 5.87. The number of benzene rings is 2. The molecule has 33 heavy (non-hydrogen) atoms. The summed E-state index contributed by atoms with van der Waals surface area (Å²) in [6.07, 6.45) is 4.41. The summed E-state index contributed by atoms with van der Waals surface area (Å²) in [5.74, 6) is 1.59. The van der Waals surface area contributed by atoms with Crippen LogP contribution in [0.15, 0.2) is 48.5 Å². The van der Waals surface area contributed by atoms with Crippen molar-refractivity contribution in [1.29, 1.82) is 0 Å². The number of carbonyl (C=O) groups excluding carboxylic acids is 1. The van der Waals surface area contributed by atoms with Crippen LogP contribution in [0.4, 0.5) is 0 Å². The topological polar surface area (TPSA) is 69.8 Å². The van der Waals surface area contributed by atoms with Gasteiger partial charge in [0.15, 0.2) is 0 Å². The number of carbonyl (C=O) groups is 1. The first-order valence-electron chi connectivity index (χ1n) is 12.0. The third-order valence-electron chi connectivity index (χ3n) is 6.75. The predicted octanol–water partition coefficient (Wildman–Crippen LogP) is 4.42. The minimum absolute atomic E-state index is 0.0862. The maximum Gasteiger partial charge on any atom is 0.306 e. The van der Waals surface area contributed by atoms with Gasteiger partial charge in [-0.3, -0.25) is 4.79 Å². The van der Waals surface area contributed by atoms with E-state index in [9.17, 15) is 4.79 Å². The summed E-state index contributed by atoms with van der Waals surface area (Å²) in [7, 11) is 0. The van der Waals surface area contributed by atoms with Crippen molar-refractivity contribution in [3.05, 3.63) is 59.7 Å². The second-order valence-corrected chi connectivity index (χ2v) is 9.48. The maximum absolute atomic E-state index is 12.1. The van der Waals surface area contributed by atoms with Crippen molar-refractivity contribution in [2.45, 2.75) is 62.8 Å². The molecule has 0 bridgehead atoms. The van der Waals surface area contributed by atoms with Crippen LogP contribution in [-0.4, -0.2) is 50.7 Å². The Morgan fingerprint density at radius 3 is 1.82 bits per heavy atom. The monoisotopic (exact) mass is 452 g/mol. The average molecular weight is 453 g/mol. The van der Waals surface area contributed by atoms with Crippen molar-refractivity contribution in [1.82, 2.24) is 0 Å². The summed E-state index contributed by atoms with van der Waals surface area (Å²) in [4.78, 5) is 12.1. The van der Waals surface area contributed by atoms with E-state index >= 15 is 0 Å². The molecule has 3 aliphatic heterocycles. The van der Waals surface area contributed by atoms with Crippen molar-refractivity contribution in [2.24, 2.45) is 0 Å². The van der Waals surface area contributed by atoms with Gasteiger partial charge in [0, 0.05) is 11.8 Å². The minimum Gasteiger partial charge on any atom is -0.491 e. The van der Waals surface area contributed by atoms with Crippen LogP contribution in [0.3, 0.4) is 0 Å². The Hall–Kier alpha value is -2.57. The molecular weight excluding hydrogens is 420 g/mol. The SMILES string of the molecule is CC(CC1CCCCC(=O)O1)(c1ccc(OCC2CO2)cc1)c1ccc(OCC2CO2)cc1. The molecule has 6 nitrogen and oxygen atoms in total. The first kappa shape index (κ1) is 22.2. The molecule has 0 N–H and O–H groups in total. The summed E-state index contributed by atoms with van der Waals surface area (Å²) in [5, 5.41) is 0. The molecule has 0 amide bonds. The molecule has 0 aromatic heterocycles. The first-order valence-corrected chi connectivity index (χ1v) is 12.0. The summed E-state index contributed by atoms with van der Waals surface area (Å²) in [6.45, 7) is 4.96. The summed E-state index contributed by atoms with van der Waals surface area (Å²) in [5.41, 5.74) is 2.00. The number of hydrogen-bond acceptors (Lipinski definition) is 6. The molecule has 3 atom stereocenters. The lowest BCUT2D eigenvalue weighted by Gasteiger charge is -2.34. The number of epoxide rings is 2. The Morgan fingerprint density at radius 2 is 1.33 bits per heavy atom. The van der Waals surface area contributed by atoms with E-state index in [0.29, 0.717) is 19.6 Å². The number of cyclic esters (lactones) is 1. The van der Waals surface area contributed by atoms with E-state index in [1.807, 2.05) is 24.3 Å². The zero-order valence-corrected chi connectivity index (χ0v) is 19.2. The minimum atomic E-state index is -0.328. The lowest BCUT2D eigenvalue weighted by atomic mass is 9.72. The highest BCUT2D eigenvalue weighted by Crippen LogP contribution is 2.40. The van der Waals surface area contributed by atoms with E-state index in [1.54, 1.807) is 0 Å². The van der Waals surface area contributed by atoms with Crippen molar-refractivity contribution < 1.29 is 28.5 Å². The van der Waals surface area contributed by atoms with Crippen LogP contribution >= 0.6 is 0 Å². The van der Waals surface area contributed by atoms with Gasteiger partial charge in [0.1, 0.15) is 43.0 Å². The number of rotatable bonds is 10. The normalized spacial score (nSPS) is 26.0. The molecule has 3 saturated heterocycles. The smallest absolute Gasteiger partial charge is 0.306 e. The molecule has 0 radical (unpaired) electrons. The van der Waals surface area contributed by atoms with E-state index in [-0.39, 0.29) is 29.7 Å². The second-order valence-electron chi connectivity index (χ2n) is 9.48. The van der Waals surface area contributed by atoms with Crippen molar-refractivity contribution in [3.8, 4) is 11.5 Å². The van der Waals surface area contributed by atoms with E-state index < -0.39 is 0 Å². The van der Waals surface area contributed by atoms with Crippen molar-refractivity contribution in [2.75, 3.05) is 26.4 Å². The van der Waals surface area contributed by atoms with E-state index in [2.05, 4.69) is 31.2 Å². The molecule has 5 rings (SSSR count). The summed E-state index contributed by atoms with van der Waals surface area (Å²) >= 11 is 0. The standard InChI is InChI=1S/C27H32O6/c1-27(14-23-4-2-3-5-26(28)33-23,19-6-10-21(11-7-19)29-15-24-17-31-24)20-8-12-22(13-9-20)30-16-25-18-32-25/h6-13,23-25H,2-5,14-18H2,1H3. The fraction of sp³-hybridized carbons (Fsp3) is 0.519. The lowest BCUT2D eigenvalue weighted by Crippen LogP contribution is -2.31. The van der Waals surface area contributed by atoms with Crippen LogP contribution < -0.4 is 9.47 Å². The highest BCUT2D eigenvalue weighted by atomic mass is 16.6. The number of esters is 1. The van der Waals surface area contributed by atoms with Crippen LogP contribution in [0.2, 0.25) is 0 Å². The van der Waals surface area contributed by atoms with Gasteiger partial charge in [-0.2, -0.15) is 0 Å². The predicted molar refractivity (Wildman–Crippen MR) is 123 cm³/mol. The molecule has 6 heteroatoms. The average Bonchev–Trinajstić information content (AvgIpc) is 3.73. The number of hydrogen-bond donors (Lipinski definition) is 0. The molecule has 0 saturated carbocycles. The quantitative estimate of drug-likeness (QED) is 0.393. The van der Waals surface area contributed by atoms with Gasteiger partial charge in [-0.1, -0.05) is 31.2 Å². The van der Waals surface area contributed by atoms with Gasteiger partial charge in [0.05, 0.1) is 13.2 Å². The van der Waals surface area contributed by atoms with Crippen molar-refractivity contribution in [3.63, 3.8) is 0 Å². The molecule has 3 heterocycles. The zero-order valence-electron chi connectivity index (χ0n) is 19.2. The highest BCUT2D eigenvalue weighted by molar-refractivity contribution is 5.69. The van der Waals surface area contributed by atoms with Gasteiger partial charge in [0.2, 0.25) is 0 Å². The Kier molecular flexibility index (Phi) is 6.56. The Morgan fingerprint density at radius 1 is 0.818 bits per heavy atom. The Bertz CT molecular complexity index is 871. The fourth-order valence-electron chi connectivity index (χ4n) is 4.49. The van der Waals surface area contributed by atoms with Crippen LogP contribution in [0.25, 0.3) is 0 Å². The van der Waals surface area contributed by atoms with E-state index in [1.165, 1.54) is 0 Å². The van der Waals surface area contributed by atoms with Gasteiger partial charge in [-0.05, 0) is 61.1 Å². The molecular formula is C27H32O6. The van der Waals surface area contributed by atoms with Crippen LogP contribution in [0, 0.1) is 0 Å². The third-order valence-corrected chi connectivity index (χ3v) is 6.75. The van der Waals surface area contributed by atoms with Crippen molar-refractivity contribution >= 4 is 5.97 Å². The van der Waals surface area contributed by atoms with Gasteiger partial charge >= 0.3 is 5.97 Å². The first-order chi connectivity index (χ1) is 16.1. The van der Waals surface area contributed by atoms with Gasteiger partial charge in [-0.15, -0.1) is 0 Å². The lowest BCUT2D eigenvalue weighted by molar-refractivity contribution is -0.148. The maximum atomic E-state index is 12.1. The summed E-state index contributed by atoms with van der Waals surface area (Å²) < 4.78 is 27.9. The molecule has 176 valence electrons. The van der Waals surface area contributed by atoms with Crippen LogP contribution in [0.1, 0.15) is 50.2 Å². The Labute approximate surface area is 195 Å². The Balaban J connectivity index is 1.37. The molecule has 2 aromatic rings. The molecule has 2 aromatic carbocycles. The largest absolute Gasteiger partial charge is 0.491 e. The second kappa shape index (κ2) is 9.74. The molecule has 3 fully saturated rings. The van der Waals surface area contributed by atoms with Crippen LogP contribution in [-0.2, 0) is 24.4 Å². The van der Waals surface area contributed by atoms with E-state index in [4.69, 9.17) is 23.7 Å². The van der Waals surface area contributed by atoms with Crippen LogP contribution in [0.5, 0.6) is 11.5 Å². The zero-order chi connectivity index (χ0) is 22.7. The fourth-order valence-corrected chi connectivity index (χ4v) is 4.49. The molecule has 3 aliphatic rings. The van der Waals surface area contributed by atoms with Gasteiger partial charge in [-0.25, -0.2) is 0 Å². The van der Waals surface area contributed by atoms with Gasteiger partial charge in [0.25, 0.3) is 0 Å². The van der Waals surface area contributed by atoms with E-state index in [0.717, 1.165) is 61.5 Å². The molecule has 0 aliphatic carbocycles. The summed E-state index contributed by atoms with van der Waals surface area (Å²) in [6, 6.07) is 16.6. The van der Waals surface area contributed by atoms with Gasteiger partial charge < -0.3 is 23.7 Å². The molecule has 3 unspecified atom stereocenters. The molecule has 0 spiro atoms. The highest BCUT2D eigenvalue weighted by Gasteiger charge is 2.34. The number of ether oxygens (including phenoxy) is 5.